The highest BCUT2D eigenvalue weighted by molar-refractivity contribution is 7.86. The maximum Gasteiger partial charge on any atom is 0.231 e. The van der Waals surface area contributed by atoms with Crippen molar-refractivity contribution in [1.82, 2.24) is 9.57 Å². The van der Waals surface area contributed by atoms with Crippen LogP contribution in [0.2, 0.25) is 0 Å². The standard InChI is InChI=1S/C6H16ClN2OP/c1-8(2)5-6-9(3)11(4,7)10/h5-6H2,1-4H3. The molecule has 0 aliphatic carbocycles. The van der Waals surface area contributed by atoms with Crippen molar-refractivity contribution in [1.29, 1.82) is 0 Å². The summed E-state index contributed by atoms with van der Waals surface area (Å²) in [5.74, 6) is 0. The van der Waals surface area contributed by atoms with E-state index in [4.69, 9.17) is 11.2 Å². The average Bonchev–Trinajstić information content (AvgIpc) is 1.80. The molecule has 0 amide bonds. The summed E-state index contributed by atoms with van der Waals surface area (Å²) in [5.41, 5.74) is 0. The van der Waals surface area contributed by atoms with Crippen LogP contribution in [0, 0.1) is 0 Å². The van der Waals surface area contributed by atoms with Gasteiger partial charge in [-0.25, -0.2) is 4.67 Å². The van der Waals surface area contributed by atoms with Crippen molar-refractivity contribution in [2.45, 2.75) is 0 Å². The number of rotatable bonds is 4. The predicted octanol–water partition coefficient (Wildman–Crippen LogP) is 1.54. The zero-order valence-corrected chi connectivity index (χ0v) is 9.19. The first kappa shape index (κ1) is 11.4. The number of hydrogen-bond acceptors (Lipinski definition) is 2. The van der Waals surface area contributed by atoms with Gasteiger partial charge in [-0.05, 0) is 32.4 Å². The molecule has 11 heavy (non-hydrogen) atoms. The Labute approximate surface area is 73.5 Å². The molecule has 68 valence electrons. The van der Waals surface area contributed by atoms with Gasteiger partial charge in [-0.3, -0.25) is 4.57 Å². The molecule has 0 saturated heterocycles. The maximum absolute atomic E-state index is 11.2. The molecular weight excluding hydrogens is 183 g/mol. The number of halogens is 1. The van der Waals surface area contributed by atoms with E-state index in [-0.39, 0.29) is 0 Å². The Balaban J connectivity index is 3.71. The van der Waals surface area contributed by atoms with Gasteiger partial charge in [0.05, 0.1) is 0 Å². The van der Waals surface area contributed by atoms with Crippen LogP contribution in [0.5, 0.6) is 0 Å². The molecule has 0 N–H and O–H groups in total. The van der Waals surface area contributed by atoms with Gasteiger partial charge >= 0.3 is 0 Å². The molecule has 0 heterocycles. The number of nitrogens with zero attached hydrogens (tertiary/aromatic N) is 2. The molecule has 0 bridgehead atoms. The molecule has 0 fully saturated rings. The molecule has 0 radical (unpaired) electrons. The largest absolute Gasteiger partial charge is 0.308 e. The van der Waals surface area contributed by atoms with Gasteiger partial charge < -0.3 is 4.90 Å². The zero-order chi connectivity index (χ0) is 9.07. The van der Waals surface area contributed by atoms with E-state index in [1.807, 2.05) is 19.0 Å². The summed E-state index contributed by atoms with van der Waals surface area (Å²) in [6.45, 7) is 0.642. The van der Waals surface area contributed by atoms with E-state index >= 15 is 0 Å². The van der Waals surface area contributed by atoms with Gasteiger partial charge in [0.1, 0.15) is 0 Å². The van der Waals surface area contributed by atoms with Crippen molar-refractivity contribution in [3.8, 4) is 0 Å². The summed E-state index contributed by atoms with van der Waals surface area (Å²) in [6.07, 6.45) is 0. The van der Waals surface area contributed by atoms with Crippen molar-refractivity contribution in [2.24, 2.45) is 0 Å². The van der Waals surface area contributed by atoms with E-state index in [2.05, 4.69) is 0 Å². The van der Waals surface area contributed by atoms with Crippen molar-refractivity contribution in [3.63, 3.8) is 0 Å². The Morgan fingerprint density at radius 2 is 1.73 bits per heavy atom. The van der Waals surface area contributed by atoms with Crippen molar-refractivity contribution in [2.75, 3.05) is 40.9 Å². The van der Waals surface area contributed by atoms with E-state index in [0.29, 0.717) is 0 Å². The Bertz CT molecular complexity index is 157. The molecule has 5 heteroatoms. The summed E-state index contributed by atoms with van der Waals surface area (Å²) in [4.78, 5) is 2.03. The third kappa shape index (κ3) is 5.68. The summed E-state index contributed by atoms with van der Waals surface area (Å²) in [6, 6.07) is 0. The predicted molar refractivity (Wildman–Crippen MR) is 50.6 cm³/mol. The minimum Gasteiger partial charge on any atom is -0.308 e. The molecule has 0 aliphatic heterocycles. The lowest BCUT2D eigenvalue weighted by Crippen LogP contribution is -2.25. The van der Waals surface area contributed by atoms with Gasteiger partial charge in [-0.2, -0.15) is 0 Å². The van der Waals surface area contributed by atoms with Crippen LogP contribution >= 0.6 is 17.9 Å². The molecular formula is C6H16ClN2OP. The molecule has 1 unspecified atom stereocenters. The maximum atomic E-state index is 11.2. The lowest BCUT2D eigenvalue weighted by Gasteiger charge is -2.20. The molecule has 0 aromatic rings. The minimum absolute atomic E-state index is 0.740. The van der Waals surface area contributed by atoms with Gasteiger partial charge in [-0.1, -0.05) is 0 Å². The van der Waals surface area contributed by atoms with Crippen molar-refractivity contribution >= 4 is 17.9 Å². The highest BCUT2D eigenvalue weighted by atomic mass is 35.7. The van der Waals surface area contributed by atoms with Crippen LogP contribution in [0.1, 0.15) is 0 Å². The SMILES string of the molecule is CN(C)CCN(C)P(C)(=O)Cl. The third-order valence-electron chi connectivity index (χ3n) is 1.48. The molecule has 0 saturated carbocycles. The number of hydrogen-bond donors (Lipinski definition) is 0. The molecule has 0 spiro atoms. The van der Waals surface area contributed by atoms with E-state index in [1.165, 1.54) is 0 Å². The molecule has 0 aromatic carbocycles. The molecule has 3 nitrogen and oxygen atoms in total. The topological polar surface area (TPSA) is 23.6 Å². The van der Waals surface area contributed by atoms with Gasteiger partial charge in [-0.15, -0.1) is 0 Å². The van der Waals surface area contributed by atoms with Gasteiger partial charge in [0, 0.05) is 19.8 Å². The third-order valence-corrected chi connectivity index (χ3v) is 3.67. The van der Waals surface area contributed by atoms with Crippen LogP contribution in [0.25, 0.3) is 0 Å². The van der Waals surface area contributed by atoms with Gasteiger partial charge in [0.2, 0.25) is 6.65 Å². The smallest absolute Gasteiger partial charge is 0.231 e. The lowest BCUT2D eigenvalue weighted by molar-refractivity contribution is 0.361. The highest BCUT2D eigenvalue weighted by Gasteiger charge is 2.16. The van der Waals surface area contributed by atoms with Crippen molar-refractivity contribution in [3.05, 3.63) is 0 Å². The van der Waals surface area contributed by atoms with E-state index < -0.39 is 6.65 Å². The summed E-state index contributed by atoms with van der Waals surface area (Å²) >= 11 is 5.63. The second-order valence-electron chi connectivity index (χ2n) is 2.96. The monoisotopic (exact) mass is 198 g/mol. The van der Waals surface area contributed by atoms with E-state index in [1.54, 1.807) is 18.4 Å². The summed E-state index contributed by atoms with van der Waals surface area (Å²) < 4.78 is 12.9. The summed E-state index contributed by atoms with van der Waals surface area (Å²) in [5, 5.41) is 0. The average molecular weight is 199 g/mol. The second-order valence-corrected chi connectivity index (χ2v) is 7.08. The quantitative estimate of drug-likeness (QED) is 0.641. The fourth-order valence-corrected chi connectivity index (χ4v) is 1.20. The summed E-state index contributed by atoms with van der Waals surface area (Å²) in [7, 11) is 5.72. The van der Waals surface area contributed by atoms with E-state index in [9.17, 15) is 4.57 Å². The Hall–Kier alpha value is 0.440. The molecule has 0 rings (SSSR count). The first-order valence-corrected chi connectivity index (χ1v) is 6.48. The van der Waals surface area contributed by atoms with Crippen LogP contribution in [-0.2, 0) is 4.57 Å². The van der Waals surface area contributed by atoms with Gasteiger partial charge in [0.15, 0.2) is 0 Å². The highest BCUT2D eigenvalue weighted by Crippen LogP contribution is 2.49. The second kappa shape index (κ2) is 4.46. The Morgan fingerprint density at radius 3 is 2.00 bits per heavy atom. The molecule has 1 atom stereocenters. The first-order valence-electron chi connectivity index (χ1n) is 3.47. The normalized spacial score (nSPS) is 17.4. The van der Waals surface area contributed by atoms with Gasteiger partial charge in [0.25, 0.3) is 0 Å². The van der Waals surface area contributed by atoms with Crippen LogP contribution in [0.15, 0.2) is 0 Å². The minimum atomic E-state index is -2.53. The van der Waals surface area contributed by atoms with Crippen LogP contribution in [0.4, 0.5) is 0 Å². The fourth-order valence-electron chi connectivity index (χ4n) is 0.523. The lowest BCUT2D eigenvalue weighted by atomic mass is 10.6. The van der Waals surface area contributed by atoms with Crippen molar-refractivity contribution < 1.29 is 4.57 Å². The Kier molecular flexibility index (Phi) is 4.64. The van der Waals surface area contributed by atoms with Crippen LogP contribution in [-0.4, -0.2) is 50.5 Å². The van der Waals surface area contributed by atoms with Crippen LogP contribution in [0.3, 0.4) is 0 Å². The van der Waals surface area contributed by atoms with Crippen LogP contribution < -0.4 is 0 Å². The van der Waals surface area contributed by atoms with E-state index in [0.717, 1.165) is 13.1 Å². The first-order chi connectivity index (χ1) is 4.84. The fraction of sp³-hybridized carbons (Fsp3) is 1.00. The molecule has 0 aromatic heterocycles. The Morgan fingerprint density at radius 1 is 1.27 bits per heavy atom. The molecule has 0 aliphatic rings. The number of likely N-dealkylation sites (N-methyl/N-ethyl adjacent to an activating group) is 2. The zero-order valence-electron chi connectivity index (χ0n) is 7.54.